The summed E-state index contributed by atoms with van der Waals surface area (Å²) in [7, 11) is 2.56. The van der Waals surface area contributed by atoms with Gasteiger partial charge in [0.2, 0.25) is 5.78 Å². The minimum absolute atomic E-state index is 0.0178. The Morgan fingerprint density at radius 1 is 0.987 bits per heavy atom. The summed E-state index contributed by atoms with van der Waals surface area (Å²) < 4.78 is 56.6. The van der Waals surface area contributed by atoms with Crippen LogP contribution < -0.4 is 19.5 Å². The number of nitrogens with zero attached hydrogens (tertiary/aromatic N) is 5. The summed E-state index contributed by atoms with van der Waals surface area (Å²) in [5.74, 6) is -5.04. The Bertz CT molecular complexity index is 2730. The highest BCUT2D eigenvalue weighted by atomic mass is 16.7. The zero-order chi connectivity index (χ0) is 54.1. The van der Waals surface area contributed by atoms with Gasteiger partial charge in [-0.2, -0.15) is 0 Å². The van der Waals surface area contributed by atoms with Crippen molar-refractivity contribution in [3.05, 3.63) is 89.8 Å². The number of methoxy groups -OCH3 is 2. The number of nitrogens with one attached hydrogen (secondary N) is 1. The molecule has 2 aliphatic heterocycles. The normalized spacial score (nSPS) is 21.9. The molecule has 27 nitrogen and oxygen atoms in total. The molecule has 2 fully saturated rings. The number of nitro benzene ring substituents is 1. The summed E-state index contributed by atoms with van der Waals surface area (Å²) in [6.45, 7) is 2.96. The van der Waals surface area contributed by atoms with E-state index in [0.717, 1.165) is 6.07 Å². The van der Waals surface area contributed by atoms with Gasteiger partial charge >= 0.3 is 6.09 Å². The molecule has 7 rings (SSSR count). The van der Waals surface area contributed by atoms with Crippen LogP contribution in [0.3, 0.4) is 0 Å². The summed E-state index contributed by atoms with van der Waals surface area (Å²) in [6, 6.07) is 5.68. The van der Waals surface area contributed by atoms with Crippen LogP contribution in [0.2, 0.25) is 0 Å². The number of aliphatic hydroxyl groups excluding tert-OH is 1. The molecule has 2 heterocycles. The van der Waals surface area contributed by atoms with Gasteiger partial charge in [0.05, 0.1) is 105 Å². The number of benzene rings is 3. The number of carbonyl (C=O) groups excluding carboxylic acids is 5. The number of aliphatic hydroxyl groups is 2. The van der Waals surface area contributed by atoms with Gasteiger partial charge in [-0.15, -0.1) is 0 Å². The Hall–Kier alpha value is -7.20. The van der Waals surface area contributed by atoms with Crippen molar-refractivity contribution in [3.63, 3.8) is 0 Å². The molecule has 7 atom stereocenters. The predicted octanol–water partition coefficient (Wildman–Crippen LogP) is 3.01. The average molecular weight is 1050 g/mol. The van der Waals surface area contributed by atoms with E-state index in [0.29, 0.717) is 13.2 Å². The fraction of sp³-hybridized carbons (Fsp3) is 0.521. The molecule has 0 radical (unpaired) electrons. The highest BCUT2D eigenvalue weighted by Gasteiger charge is 2.52. The SMILES string of the molecule is COc1cc(C(C)OC(=O)N2CO[C@@H]3[C@H](C)O[C@@H](O[C@H]4C[C@](O)(C(=O)CO)Cc5c(O)c6c(c(O)c54)C(=O)c4c(OC)cccc4C6=O)C[C@@H]32)c([N+](=O)[O-])cc1OCC(=O)NCCOCCOCCOCCN=[N+]=[N-]. The first-order valence-electron chi connectivity index (χ1n) is 23.6. The Morgan fingerprint density at radius 3 is 2.36 bits per heavy atom. The number of ether oxygens (including phenoxy) is 10. The molecular weight excluding hydrogens is 997 g/mol. The maximum absolute atomic E-state index is 14.1. The number of hydrogen-bond donors (Lipinski definition) is 5. The third-order valence-electron chi connectivity index (χ3n) is 13.0. The third-order valence-corrected chi connectivity index (χ3v) is 13.0. The van der Waals surface area contributed by atoms with Crippen molar-refractivity contribution < 1.29 is 96.7 Å². The number of nitro groups is 1. The van der Waals surface area contributed by atoms with Crippen LogP contribution in [0.25, 0.3) is 10.4 Å². The third kappa shape index (κ3) is 11.9. The van der Waals surface area contributed by atoms with Crippen LogP contribution in [0.1, 0.15) is 87.4 Å². The molecule has 27 heteroatoms. The van der Waals surface area contributed by atoms with Gasteiger partial charge in [-0.3, -0.25) is 34.2 Å². The van der Waals surface area contributed by atoms with Gasteiger partial charge in [0.1, 0.15) is 48.4 Å². The number of azide groups is 1. The number of Topliss-reactive ketones (excluding diaryl/α,β-unsaturated/α-hetero) is 1. The predicted molar refractivity (Wildman–Crippen MR) is 253 cm³/mol. The van der Waals surface area contributed by atoms with E-state index in [9.17, 15) is 54.5 Å². The molecule has 3 aromatic rings. The molecule has 0 bridgehead atoms. The molecule has 0 spiro atoms. The van der Waals surface area contributed by atoms with Gasteiger partial charge in [-0.25, -0.2) is 4.79 Å². The van der Waals surface area contributed by atoms with Crippen LogP contribution in [-0.2, 0) is 49.2 Å². The summed E-state index contributed by atoms with van der Waals surface area (Å²) in [5, 5.41) is 63.6. The second-order valence-electron chi connectivity index (χ2n) is 17.6. The Kier molecular flexibility index (Phi) is 18.1. The number of phenolic OH excluding ortho intramolecular Hbond substituents is 2. The zero-order valence-electron chi connectivity index (χ0n) is 41.2. The van der Waals surface area contributed by atoms with Crippen molar-refractivity contribution in [2.24, 2.45) is 5.11 Å². The van der Waals surface area contributed by atoms with Crippen LogP contribution in [0, 0.1) is 10.1 Å². The maximum atomic E-state index is 14.1. The number of aromatic hydroxyl groups is 2. The summed E-state index contributed by atoms with van der Waals surface area (Å²) in [5.41, 5.74) is 3.27. The molecule has 4 aliphatic rings. The molecule has 2 amide bonds. The summed E-state index contributed by atoms with van der Waals surface area (Å²) in [6.07, 6.45) is -8.14. The summed E-state index contributed by atoms with van der Waals surface area (Å²) in [4.78, 5) is 83.2. The number of ketones is 3. The van der Waals surface area contributed by atoms with Crippen molar-refractivity contribution in [1.82, 2.24) is 10.2 Å². The van der Waals surface area contributed by atoms with Crippen molar-refractivity contribution in [2.75, 3.05) is 86.9 Å². The van der Waals surface area contributed by atoms with Gasteiger partial charge in [-0.1, -0.05) is 17.2 Å². The fourth-order valence-corrected chi connectivity index (χ4v) is 9.44. The first-order chi connectivity index (χ1) is 36.0. The lowest BCUT2D eigenvalue weighted by Gasteiger charge is -2.42. The van der Waals surface area contributed by atoms with Gasteiger partial charge in [-0.05, 0) is 31.5 Å². The van der Waals surface area contributed by atoms with E-state index in [-0.39, 0.29) is 97.7 Å². The molecular formula is C48H56N6O21. The van der Waals surface area contributed by atoms with E-state index in [2.05, 4.69) is 15.3 Å². The van der Waals surface area contributed by atoms with Crippen molar-refractivity contribution in [3.8, 4) is 28.7 Å². The Morgan fingerprint density at radius 2 is 1.68 bits per heavy atom. The lowest BCUT2D eigenvalue weighted by molar-refractivity contribution is -0.386. The molecule has 404 valence electrons. The van der Waals surface area contributed by atoms with E-state index in [4.69, 9.17) is 52.9 Å². The minimum Gasteiger partial charge on any atom is -0.507 e. The van der Waals surface area contributed by atoms with E-state index in [1.54, 1.807) is 6.92 Å². The second-order valence-corrected chi connectivity index (χ2v) is 17.6. The number of rotatable bonds is 24. The highest BCUT2D eigenvalue weighted by molar-refractivity contribution is 6.31. The molecule has 1 unspecified atom stereocenters. The van der Waals surface area contributed by atoms with Crippen molar-refractivity contribution in [2.45, 2.75) is 75.5 Å². The molecule has 3 aromatic carbocycles. The van der Waals surface area contributed by atoms with Crippen molar-refractivity contribution >= 4 is 35.0 Å². The zero-order valence-corrected chi connectivity index (χ0v) is 41.2. The van der Waals surface area contributed by atoms with Crippen molar-refractivity contribution in [1.29, 1.82) is 0 Å². The van der Waals surface area contributed by atoms with E-state index in [1.807, 2.05) is 0 Å². The van der Waals surface area contributed by atoms with E-state index in [1.165, 1.54) is 50.3 Å². The second kappa shape index (κ2) is 24.4. The molecule has 5 N–H and O–H groups in total. The Balaban J connectivity index is 1.01. The van der Waals surface area contributed by atoms with Gasteiger partial charge < -0.3 is 73.1 Å². The van der Waals surface area contributed by atoms with Gasteiger partial charge in [0.15, 0.2) is 36.0 Å². The fourth-order valence-electron chi connectivity index (χ4n) is 9.44. The molecule has 75 heavy (non-hydrogen) atoms. The number of carbonyl (C=O) groups is 5. The van der Waals surface area contributed by atoms with Gasteiger partial charge in [0, 0.05) is 54.0 Å². The number of fused-ring (bicyclic) bond motifs is 4. The summed E-state index contributed by atoms with van der Waals surface area (Å²) >= 11 is 0. The number of phenols is 2. The topological polar surface area (TPSA) is 366 Å². The Labute approximate surface area is 427 Å². The quantitative estimate of drug-likeness (QED) is 0.0128. The molecule has 0 saturated carbocycles. The molecule has 2 saturated heterocycles. The monoisotopic (exact) mass is 1050 g/mol. The molecule has 0 aromatic heterocycles. The highest BCUT2D eigenvalue weighted by Crippen LogP contribution is 2.53. The maximum Gasteiger partial charge on any atom is 0.412 e. The van der Waals surface area contributed by atoms with Crippen LogP contribution in [0.5, 0.6) is 28.7 Å². The lowest BCUT2D eigenvalue weighted by atomic mass is 9.72. The average Bonchev–Trinajstić information content (AvgIpc) is 3.83. The van der Waals surface area contributed by atoms with Crippen LogP contribution in [0.4, 0.5) is 10.5 Å². The van der Waals surface area contributed by atoms with Crippen LogP contribution >= 0.6 is 0 Å². The van der Waals surface area contributed by atoms with Crippen LogP contribution in [-0.4, -0.2) is 177 Å². The van der Waals surface area contributed by atoms with E-state index >= 15 is 0 Å². The standard InChI is InChI=1S/C48H56N6O21/c1-24(27-16-32(67-4)33(17-29(27)54(64)65)71-22-36(57)50-8-10-68-12-14-70-15-13-69-11-9-51-52-49)74-47(62)53-23-72-46-25(2)73-37(18-30(46)53)75-34-20-48(63,35(56)21-55)19-28-39(34)45(61)41-40(43(28)59)42(58)26-6-5-7-31(66-3)38(26)44(41)60/h5-7,16-17,24-25,30,34,37,46,55,59,61,63H,8-15,18-23H2,1-4H3,(H,50,57)/t24?,25-,30-,34-,37-,46+,48-/m0/s1. The lowest BCUT2D eigenvalue weighted by Crippen LogP contribution is -2.52. The largest absolute Gasteiger partial charge is 0.507 e. The number of amides is 2. The number of hydrogen-bond acceptors (Lipinski definition) is 22. The molecule has 2 aliphatic carbocycles. The first kappa shape index (κ1) is 55.5. The van der Waals surface area contributed by atoms with Crippen LogP contribution in [0.15, 0.2) is 35.4 Å². The van der Waals surface area contributed by atoms with Gasteiger partial charge in [0.25, 0.3) is 11.6 Å². The smallest absolute Gasteiger partial charge is 0.412 e. The minimum atomic E-state index is -2.41. The first-order valence-corrected chi connectivity index (χ1v) is 23.6. The van der Waals surface area contributed by atoms with E-state index < -0.39 is 131 Å².